The zero-order chi connectivity index (χ0) is 11.9. The molecule has 16 heavy (non-hydrogen) atoms. The Balaban J connectivity index is 2.64. The molecular weight excluding hydrogens is 200 g/mol. The monoisotopic (exact) mass is 218 g/mol. The van der Waals surface area contributed by atoms with Crippen molar-refractivity contribution in [3.8, 4) is 0 Å². The first-order chi connectivity index (χ1) is 7.43. The normalized spacial score (nSPS) is 12.1. The molecule has 4 nitrogen and oxygen atoms in total. The summed E-state index contributed by atoms with van der Waals surface area (Å²) in [6.07, 6.45) is 0. The van der Waals surface area contributed by atoms with Crippen LogP contribution in [-0.2, 0) is 12.5 Å². The lowest BCUT2D eigenvalue weighted by molar-refractivity contribution is 0.591. The van der Waals surface area contributed by atoms with Crippen molar-refractivity contribution in [1.29, 1.82) is 0 Å². The van der Waals surface area contributed by atoms with Crippen molar-refractivity contribution in [3.05, 3.63) is 23.8 Å². The van der Waals surface area contributed by atoms with E-state index in [1.807, 2.05) is 11.6 Å². The summed E-state index contributed by atoms with van der Waals surface area (Å²) >= 11 is 0. The smallest absolute Gasteiger partial charge is 0.218 e. The van der Waals surface area contributed by atoms with E-state index in [1.54, 1.807) is 0 Å². The van der Waals surface area contributed by atoms with Gasteiger partial charge in [-0.25, -0.2) is 10.8 Å². The highest BCUT2D eigenvalue weighted by Crippen LogP contribution is 2.26. The van der Waals surface area contributed by atoms with Crippen molar-refractivity contribution in [2.75, 3.05) is 5.43 Å². The molecule has 2 rings (SSSR count). The number of hydrogen-bond donors (Lipinski definition) is 2. The Morgan fingerprint density at radius 3 is 2.56 bits per heavy atom. The quantitative estimate of drug-likeness (QED) is 0.569. The Morgan fingerprint density at radius 2 is 2.00 bits per heavy atom. The minimum Gasteiger partial charge on any atom is -0.312 e. The van der Waals surface area contributed by atoms with Crippen LogP contribution in [0.2, 0.25) is 0 Å². The van der Waals surface area contributed by atoms with Crippen molar-refractivity contribution in [1.82, 2.24) is 9.55 Å². The molecule has 0 atom stereocenters. The van der Waals surface area contributed by atoms with Gasteiger partial charge >= 0.3 is 0 Å². The SMILES string of the molecule is Cn1c(NN)nc2cc(C(C)(C)C)ccc21. The van der Waals surface area contributed by atoms with E-state index in [0.29, 0.717) is 5.95 Å². The number of anilines is 1. The van der Waals surface area contributed by atoms with Crippen LogP contribution in [0.3, 0.4) is 0 Å². The second-order valence-corrected chi connectivity index (χ2v) is 5.09. The molecule has 4 heteroatoms. The van der Waals surface area contributed by atoms with E-state index < -0.39 is 0 Å². The molecule has 0 aliphatic carbocycles. The third kappa shape index (κ3) is 1.65. The predicted octanol–water partition coefficient (Wildman–Crippen LogP) is 2.16. The molecule has 86 valence electrons. The number of imidazole rings is 1. The van der Waals surface area contributed by atoms with Gasteiger partial charge in [-0.3, -0.25) is 5.43 Å². The molecule has 1 heterocycles. The van der Waals surface area contributed by atoms with Gasteiger partial charge in [0.1, 0.15) is 0 Å². The Bertz CT molecular complexity index is 520. The number of fused-ring (bicyclic) bond motifs is 1. The Labute approximate surface area is 95.4 Å². The third-order valence-corrected chi connectivity index (χ3v) is 2.88. The molecule has 0 aliphatic rings. The fourth-order valence-electron chi connectivity index (χ4n) is 1.80. The second-order valence-electron chi connectivity index (χ2n) is 5.09. The van der Waals surface area contributed by atoms with Crippen LogP contribution in [0.25, 0.3) is 11.0 Å². The summed E-state index contributed by atoms with van der Waals surface area (Å²) in [4.78, 5) is 4.43. The van der Waals surface area contributed by atoms with Gasteiger partial charge in [-0.05, 0) is 23.1 Å². The van der Waals surface area contributed by atoms with Gasteiger partial charge < -0.3 is 4.57 Å². The predicted molar refractivity (Wildman–Crippen MR) is 67.2 cm³/mol. The van der Waals surface area contributed by atoms with E-state index in [2.05, 4.69) is 49.4 Å². The lowest BCUT2D eigenvalue weighted by Crippen LogP contribution is -2.11. The summed E-state index contributed by atoms with van der Waals surface area (Å²) in [7, 11) is 1.95. The van der Waals surface area contributed by atoms with Crippen LogP contribution in [0.4, 0.5) is 5.95 Å². The summed E-state index contributed by atoms with van der Waals surface area (Å²) < 4.78 is 1.95. The highest BCUT2D eigenvalue weighted by Gasteiger charge is 2.15. The molecule has 2 aromatic rings. The van der Waals surface area contributed by atoms with Gasteiger partial charge in [0.15, 0.2) is 0 Å². The van der Waals surface area contributed by atoms with Crippen LogP contribution in [0.5, 0.6) is 0 Å². The van der Waals surface area contributed by atoms with E-state index in [0.717, 1.165) is 11.0 Å². The molecule has 0 saturated heterocycles. The Morgan fingerprint density at radius 1 is 1.31 bits per heavy atom. The summed E-state index contributed by atoms with van der Waals surface area (Å²) in [5.74, 6) is 6.09. The highest BCUT2D eigenvalue weighted by atomic mass is 15.3. The van der Waals surface area contributed by atoms with Crippen LogP contribution >= 0.6 is 0 Å². The van der Waals surface area contributed by atoms with Gasteiger partial charge in [-0.1, -0.05) is 26.8 Å². The number of nitrogens with two attached hydrogens (primary N) is 1. The van der Waals surface area contributed by atoms with Gasteiger partial charge in [0.25, 0.3) is 0 Å². The number of nitrogens with zero attached hydrogens (tertiary/aromatic N) is 2. The van der Waals surface area contributed by atoms with Crippen molar-refractivity contribution >= 4 is 17.0 Å². The molecule has 0 spiro atoms. The second kappa shape index (κ2) is 3.49. The number of hydrazine groups is 1. The van der Waals surface area contributed by atoms with Gasteiger partial charge in [-0.15, -0.1) is 0 Å². The van der Waals surface area contributed by atoms with E-state index in [1.165, 1.54) is 5.56 Å². The largest absolute Gasteiger partial charge is 0.312 e. The molecule has 3 N–H and O–H groups in total. The standard InChI is InChI=1S/C12H18N4/c1-12(2,3)8-5-6-10-9(7-8)14-11(15-13)16(10)4/h5-7H,13H2,1-4H3,(H,14,15). The maximum Gasteiger partial charge on any atom is 0.218 e. The molecule has 0 bridgehead atoms. The lowest BCUT2D eigenvalue weighted by Gasteiger charge is -2.18. The van der Waals surface area contributed by atoms with Crippen molar-refractivity contribution in [2.24, 2.45) is 12.9 Å². The van der Waals surface area contributed by atoms with Crippen molar-refractivity contribution in [3.63, 3.8) is 0 Å². The fourth-order valence-corrected chi connectivity index (χ4v) is 1.80. The zero-order valence-corrected chi connectivity index (χ0v) is 10.2. The first-order valence-corrected chi connectivity index (χ1v) is 5.37. The summed E-state index contributed by atoms with van der Waals surface area (Å²) in [6, 6.07) is 6.35. The highest BCUT2D eigenvalue weighted by molar-refractivity contribution is 5.79. The first-order valence-electron chi connectivity index (χ1n) is 5.37. The summed E-state index contributed by atoms with van der Waals surface area (Å²) in [5, 5.41) is 0. The minimum atomic E-state index is 0.141. The number of nitrogen functional groups attached to an aromatic ring is 1. The lowest BCUT2D eigenvalue weighted by atomic mass is 9.87. The fraction of sp³-hybridized carbons (Fsp3) is 0.417. The number of benzene rings is 1. The van der Waals surface area contributed by atoms with Gasteiger partial charge in [0.05, 0.1) is 11.0 Å². The van der Waals surface area contributed by atoms with Crippen LogP contribution in [0.1, 0.15) is 26.3 Å². The summed E-state index contributed by atoms with van der Waals surface area (Å²) in [6.45, 7) is 6.58. The van der Waals surface area contributed by atoms with Gasteiger partial charge in [0, 0.05) is 7.05 Å². The average molecular weight is 218 g/mol. The molecule has 0 unspecified atom stereocenters. The molecule has 0 fully saturated rings. The molecule has 0 radical (unpaired) electrons. The maximum atomic E-state index is 5.41. The number of hydrogen-bond acceptors (Lipinski definition) is 3. The van der Waals surface area contributed by atoms with Crippen LogP contribution in [0, 0.1) is 0 Å². The molecule has 0 amide bonds. The number of aromatic nitrogens is 2. The molecule has 1 aromatic carbocycles. The van der Waals surface area contributed by atoms with Gasteiger partial charge in [0.2, 0.25) is 5.95 Å². The number of aryl methyl sites for hydroxylation is 1. The van der Waals surface area contributed by atoms with Crippen LogP contribution < -0.4 is 11.3 Å². The van der Waals surface area contributed by atoms with Gasteiger partial charge in [-0.2, -0.15) is 0 Å². The molecule has 1 aromatic heterocycles. The minimum absolute atomic E-state index is 0.141. The maximum absolute atomic E-state index is 5.41. The number of rotatable bonds is 1. The average Bonchev–Trinajstić information content (AvgIpc) is 2.54. The molecule has 0 aliphatic heterocycles. The first kappa shape index (κ1) is 11.0. The van der Waals surface area contributed by atoms with Crippen LogP contribution in [0.15, 0.2) is 18.2 Å². The molecular formula is C12H18N4. The van der Waals surface area contributed by atoms with E-state index >= 15 is 0 Å². The Kier molecular flexibility index (Phi) is 2.39. The zero-order valence-electron chi connectivity index (χ0n) is 10.2. The Hall–Kier alpha value is -1.55. The van der Waals surface area contributed by atoms with E-state index in [9.17, 15) is 0 Å². The summed E-state index contributed by atoms with van der Waals surface area (Å²) in [5.41, 5.74) is 6.07. The molecule has 0 saturated carbocycles. The van der Waals surface area contributed by atoms with Crippen molar-refractivity contribution in [2.45, 2.75) is 26.2 Å². The van der Waals surface area contributed by atoms with Crippen molar-refractivity contribution < 1.29 is 0 Å². The topological polar surface area (TPSA) is 55.9 Å². The van der Waals surface area contributed by atoms with Crippen LogP contribution in [-0.4, -0.2) is 9.55 Å². The van der Waals surface area contributed by atoms with E-state index in [-0.39, 0.29) is 5.41 Å². The third-order valence-electron chi connectivity index (χ3n) is 2.88. The van der Waals surface area contributed by atoms with E-state index in [4.69, 9.17) is 5.84 Å². The number of nitrogens with one attached hydrogen (secondary N) is 1.